The molecule has 6 heteroatoms. The first kappa shape index (κ1) is 16.0. The Balaban J connectivity index is 2.20. The standard InChI is InChI=1S/C14H21N3O3/c1-11-5-3-4-6-12(11)20-10-9-17(2)8-7-13(18)16-14(15)19/h3-6H,7-10H2,1-2H3,(H3,15,16,18,19). The fourth-order valence-electron chi connectivity index (χ4n) is 1.63. The third-order valence-electron chi connectivity index (χ3n) is 2.81. The number of imide groups is 1. The molecule has 110 valence electrons. The summed E-state index contributed by atoms with van der Waals surface area (Å²) >= 11 is 0. The Morgan fingerprint density at radius 1 is 1.30 bits per heavy atom. The van der Waals surface area contributed by atoms with Crippen molar-refractivity contribution in [2.45, 2.75) is 13.3 Å². The molecule has 20 heavy (non-hydrogen) atoms. The monoisotopic (exact) mass is 279 g/mol. The van der Waals surface area contributed by atoms with E-state index in [9.17, 15) is 9.59 Å². The molecule has 0 aliphatic heterocycles. The van der Waals surface area contributed by atoms with Crippen LogP contribution in [0.2, 0.25) is 0 Å². The van der Waals surface area contributed by atoms with E-state index in [0.717, 1.165) is 11.3 Å². The number of hydrogen-bond donors (Lipinski definition) is 2. The van der Waals surface area contributed by atoms with Crippen LogP contribution in [0.3, 0.4) is 0 Å². The van der Waals surface area contributed by atoms with Crippen LogP contribution in [0.5, 0.6) is 5.75 Å². The average molecular weight is 279 g/mol. The quantitative estimate of drug-likeness (QED) is 0.776. The highest BCUT2D eigenvalue weighted by atomic mass is 16.5. The van der Waals surface area contributed by atoms with Gasteiger partial charge in [-0.15, -0.1) is 0 Å². The third-order valence-corrected chi connectivity index (χ3v) is 2.81. The first-order valence-electron chi connectivity index (χ1n) is 6.45. The molecule has 0 spiro atoms. The lowest BCUT2D eigenvalue weighted by molar-refractivity contribution is -0.120. The van der Waals surface area contributed by atoms with Crippen molar-refractivity contribution in [2.24, 2.45) is 5.73 Å². The Hall–Kier alpha value is -2.08. The molecular formula is C14H21N3O3. The zero-order valence-corrected chi connectivity index (χ0v) is 11.9. The maximum absolute atomic E-state index is 11.2. The van der Waals surface area contributed by atoms with Crippen LogP contribution in [0.25, 0.3) is 0 Å². The SMILES string of the molecule is Cc1ccccc1OCCN(C)CCC(=O)NC(N)=O. The molecule has 1 rings (SSSR count). The molecule has 0 aliphatic rings. The third kappa shape index (κ3) is 6.19. The first-order chi connectivity index (χ1) is 9.49. The lowest BCUT2D eigenvalue weighted by Crippen LogP contribution is -2.37. The minimum absolute atomic E-state index is 0.226. The highest BCUT2D eigenvalue weighted by molar-refractivity contribution is 5.93. The Morgan fingerprint density at radius 2 is 2.00 bits per heavy atom. The number of amides is 3. The number of primary amides is 1. The number of para-hydroxylation sites is 1. The van der Waals surface area contributed by atoms with Crippen LogP contribution in [0.1, 0.15) is 12.0 Å². The minimum atomic E-state index is -0.819. The van der Waals surface area contributed by atoms with E-state index in [0.29, 0.717) is 19.7 Å². The molecule has 6 nitrogen and oxygen atoms in total. The minimum Gasteiger partial charge on any atom is -0.492 e. The topological polar surface area (TPSA) is 84.7 Å². The normalized spacial score (nSPS) is 10.3. The van der Waals surface area contributed by atoms with E-state index in [2.05, 4.69) is 0 Å². The van der Waals surface area contributed by atoms with Crippen LogP contribution in [-0.4, -0.2) is 43.6 Å². The van der Waals surface area contributed by atoms with E-state index in [4.69, 9.17) is 10.5 Å². The summed E-state index contributed by atoms with van der Waals surface area (Å²) in [5.41, 5.74) is 5.95. The number of carbonyl (C=O) groups excluding carboxylic acids is 2. The van der Waals surface area contributed by atoms with Crippen molar-refractivity contribution in [1.29, 1.82) is 0 Å². The van der Waals surface area contributed by atoms with Gasteiger partial charge in [-0.3, -0.25) is 10.1 Å². The van der Waals surface area contributed by atoms with E-state index >= 15 is 0 Å². The summed E-state index contributed by atoms with van der Waals surface area (Å²) in [5, 5.41) is 2.03. The Labute approximate surface area is 118 Å². The number of benzene rings is 1. The van der Waals surface area contributed by atoms with Crippen molar-refractivity contribution in [3.63, 3.8) is 0 Å². The van der Waals surface area contributed by atoms with Crippen LogP contribution in [0.15, 0.2) is 24.3 Å². The van der Waals surface area contributed by atoms with Gasteiger partial charge in [0, 0.05) is 19.5 Å². The van der Waals surface area contributed by atoms with Gasteiger partial charge in [-0.1, -0.05) is 18.2 Å². The summed E-state index contributed by atoms with van der Waals surface area (Å²) < 4.78 is 5.66. The summed E-state index contributed by atoms with van der Waals surface area (Å²) in [6.07, 6.45) is 0.226. The van der Waals surface area contributed by atoms with Crippen LogP contribution >= 0.6 is 0 Å². The first-order valence-corrected chi connectivity index (χ1v) is 6.45. The lowest BCUT2D eigenvalue weighted by Gasteiger charge is -2.17. The summed E-state index contributed by atoms with van der Waals surface area (Å²) in [4.78, 5) is 23.7. The number of ether oxygens (including phenoxy) is 1. The molecule has 1 aromatic rings. The van der Waals surface area contributed by atoms with Gasteiger partial charge >= 0.3 is 6.03 Å². The summed E-state index contributed by atoms with van der Waals surface area (Å²) in [7, 11) is 1.89. The van der Waals surface area contributed by atoms with Crippen molar-refractivity contribution in [1.82, 2.24) is 10.2 Å². The average Bonchev–Trinajstić information content (AvgIpc) is 2.38. The number of likely N-dealkylation sites (N-methyl/N-ethyl adjacent to an activating group) is 1. The molecule has 0 saturated carbocycles. The van der Waals surface area contributed by atoms with Gasteiger partial charge in [0.2, 0.25) is 5.91 Å². The maximum Gasteiger partial charge on any atom is 0.318 e. The van der Waals surface area contributed by atoms with Gasteiger partial charge in [0.25, 0.3) is 0 Å². The molecule has 0 aliphatic carbocycles. The summed E-state index contributed by atoms with van der Waals surface area (Å²) in [5.74, 6) is 0.497. The fourth-order valence-corrected chi connectivity index (χ4v) is 1.63. The van der Waals surface area contributed by atoms with E-state index in [1.807, 2.05) is 48.5 Å². The zero-order valence-electron chi connectivity index (χ0n) is 11.9. The largest absolute Gasteiger partial charge is 0.492 e. The number of rotatable bonds is 7. The van der Waals surface area contributed by atoms with Crippen molar-refractivity contribution in [2.75, 3.05) is 26.7 Å². The molecule has 0 fully saturated rings. The molecule has 1 aromatic carbocycles. The number of nitrogens with zero attached hydrogens (tertiary/aromatic N) is 1. The van der Waals surface area contributed by atoms with Crippen molar-refractivity contribution < 1.29 is 14.3 Å². The van der Waals surface area contributed by atoms with Gasteiger partial charge in [0.05, 0.1) is 0 Å². The number of urea groups is 1. The van der Waals surface area contributed by atoms with Gasteiger partial charge in [-0.25, -0.2) is 4.79 Å². The molecule has 0 radical (unpaired) electrons. The number of carbonyl (C=O) groups is 2. The Kier molecular flexibility index (Phi) is 6.52. The van der Waals surface area contributed by atoms with Gasteiger partial charge in [-0.2, -0.15) is 0 Å². The van der Waals surface area contributed by atoms with Gasteiger partial charge < -0.3 is 15.4 Å². The highest BCUT2D eigenvalue weighted by Crippen LogP contribution is 2.15. The smallest absolute Gasteiger partial charge is 0.318 e. The van der Waals surface area contributed by atoms with Crippen LogP contribution in [0.4, 0.5) is 4.79 Å². The van der Waals surface area contributed by atoms with Crippen molar-refractivity contribution in [3.8, 4) is 5.75 Å². The molecule has 0 bridgehead atoms. The molecule has 3 amide bonds. The van der Waals surface area contributed by atoms with E-state index in [1.54, 1.807) is 0 Å². The van der Waals surface area contributed by atoms with E-state index in [-0.39, 0.29) is 12.3 Å². The van der Waals surface area contributed by atoms with E-state index in [1.165, 1.54) is 0 Å². The van der Waals surface area contributed by atoms with Crippen molar-refractivity contribution in [3.05, 3.63) is 29.8 Å². The summed E-state index contributed by atoms with van der Waals surface area (Å²) in [6.45, 7) is 3.76. The second-order valence-electron chi connectivity index (χ2n) is 4.58. The van der Waals surface area contributed by atoms with Crippen LogP contribution in [-0.2, 0) is 4.79 Å². The van der Waals surface area contributed by atoms with Gasteiger partial charge in [-0.05, 0) is 25.6 Å². The highest BCUT2D eigenvalue weighted by Gasteiger charge is 2.06. The van der Waals surface area contributed by atoms with Gasteiger partial charge in [0.1, 0.15) is 12.4 Å². The summed E-state index contributed by atoms with van der Waals surface area (Å²) in [6, 6.07) is 7.00. The molecule has 0 heterocycles. The van der Waals surface area contributed by atoms with E-state index < -0.39 is 6.03 Å². The lowest BCUT2D eigenvalue weighted by atomic mass is 10.2. The number of nitrogens with one attached hydrogen (secondary N) is 1. The predicted octanol–water partition coefficient (Wildman–Crippen LogP) is 0.891. The Bertz CT molecular complexity index is 463. The van der Waals surface area contributed by atoms with Crippen LogP contribution < -0.4 is 15.8 Å². The molecule has 0 saturated heterocycles. The van der Waals surface area contributed by atoms with Crippen LogP contribution in [0, 0.1) is 6.92 Å². The molecule has 0 unspecified atom stereocenters. The number of nitrogens with two attached hydrogens (primary N) is 1. The molecule has 3 N–H and O–H groups in total. The molecular weight excluding hydrogens is 258 g/mol. The van der Waals surface area contributed by atoms with Crippen molar-refractivity contribution >= 4 is 11.9 Å². The second kappa shape index (κ2) is 8.16. The Morgan fingerprint density at radius 3 is 2.65 bits per heavy atom. The second-order valence-corrected chi connectivity index (χ2v) is 4.58. The number of hydrogen-bond acceptors (Lipinski definition) is 4. The molecule has 0 aromatic heterocycles. The molecule has 0 atom stereocenters. The fraction of sp³-hybridized carbons (Fsp3) is 0.429. The zero-order chi connectivity index (χ0) is 15.0. The number of aryl methyl sites for hydroxylation is 1. The maximum atomic E-state index is 11.2. The van der Waals surface area contributed by atoms with Gasteiger partial charge in [0.15, 0.2) is 0 Å². The predicted molar refractivity (Wildman–Crippen MR) is 76.5 cm³/mol.